The number of aryl methyl sites for hydroxylation is 1. The standard InChI is InChI=1S/C34H24ClN3O4S/c35-25-15-12-21(13-16-25)20-42-29-11-4-2-7-23(29)19-30-33(39)37-32(24-8-5-9-26(18-24)38(40)41)28-17-14-22-6-1-3-10-27(22)31(28)36-34(37)43-30/h1-13,15-16,18-19,32H,14,17,20H2/b30-19-/t32-/m1/s1. The Morgan fingerprint density at radius 2 is 1.79 bits per heavy atom. The molecule has 0 saturated heterocycles. The molecule has 1 aromatic heterocycles. The van der Waals surface area contributed by atoms with E-state index in [0.29, 0.717) is 38.7 Å². The largest absolute Gasteiger partial charge is 0.488 e. The first-order valence-electron chi connectivity index (χ1n) is 13.8. The van der Waals surface area contributed by atoms with Gasteiger partial charge in [-0.3, -0.25) is 19.5 Å². The molecule has 4 aromatic carbocycles. The summed E-state index contributed by atoms with van der Waals surface area (Å²) in [6.45, 7) is 0.349. The van der Waals surface area contributed by atoms with Crippen LogP contribution in [0.15, 0.2) is 112 Å². The van der Waals surface area contributed by atoms with Crippen molar-refractivity contribution in [1.29, 1.82) is 0 Å². The van der Waals surface area contributed by atoms with Crippen LogP contribution in [0.1, 0.15) is 40.3 Å². The quantitative estimate of drug-likeness (QED) is 0.164. The lowest BCUT2D eigenvalue weighted by Gasteiger charge is -2.30. The molecule has 2 heterocycles. The van der Waals surface area contributed by atoms with Gasteiger partial charge >= 0.3 is 0 Å². The van der Waals surface area contributed by atoms with Crippen molar-refractivity contribution in [3.63, 3.8) is 0 Å². The lowest BCUT2D eigenvalue weighted by Crippen LogP contribution is -2.38. The summed E-state index contributed by atoms with van der Waals surface area (Å²) >= 11 is 7.33. The van der Waals surface area contributed by atoms with E-state index in [1.807, 2.05) is 72.8 Å². The van der Waals surface area contributed by atoms with Crippen LogP contribution in [0.4, 0.5) is 5.69 Å². The molecule has 0 unspecified atom stereocenters. The van der Waals surface area contributed by atoms with Crippen molar-refractivity contribution in [2.45, 2.75) is 25.5 Å². The minimum atomic E-state index is -0.502. The number of hydrogen-bond donors (Lipinski definition) is 0. The van der Waals surface area contributed by atoms with Gasteiger partial charge in [-0.2, -0.15) is 0 Å². The average molecular weight is 606 g/mol. The van der Waals surface area contributed by atoms with Crippen LogP contribution < -0.4 is 19.6 Å². The molecular weight excluding hydrogens is 582 g/mol. The molecule has 1 atom stereocenters. The highest BCUT2D eigenvalue weighted by molar-refractivity contribution is 7.07. The topological polar surface area (TPSA) is 86.7 Å². The van der Waals surface area contributed by atoms with Crippen molar-refractivity contribution in [3.8, 4) is 5.75 Å². The van der Waals surface area contributed by atoms with Gasteiger partial charge in [-0.15, -0.1) is 0 Å². The lowest BCUT2D eigenvalue weighted by atomic mass is 9.83. The maximum absolute atomic E-state index is 14.1. The fraction of sp³-hybridized carbons (Fsp3) is 0.118. The fourth-order valence-corrected chi connectivity index (χ4v) is 6.86. The smallest absolute Gasteiger partial charge is 0.271 e. The number of fused-ring (bicyclic) bond motifs is 3. The van der Waals surface area contributed by atoms with Crippen molar-refractivity contribution in [2.75, 3.05) is 0 Å². The van der Waals surface area contributed by atoms with E-state index < -0.39 is 11.0 Å². The van der Waals surface area contributed by atoms with E-state index in [0.717, 1.165) is 34.4 Å². The summed E-state index contributed by atoms with van der Waals surface area (Å²) in [7, 11) is 0. The second kappa shape index (κ2) is 11.1. The van der Waals surface area contributed by atoms with E-state index in [1.165, 1.54) is 23.0 Å². The summed E-state index contributed by atoms with van der Waals surface area (Å²) in [5.74, 6) is 0.645. The van der Waals surface area contributed by atoms with E-state index in [1.54, 1.807) is 16.7 Å². The number of nitrogens with zero attached hydrogens (tertiary/aromatic N) is 3. The number of aromatic nitrogens is 1. The molecule has 43 heavy (non-hydrogen) atoms. The van der Waals surface area contributed by atoms with E-state index >= 15 is 0 Å². The molecule has 7 nitrogen and oxygen atoms in total. The van der Waals surface area contributed by atoms with Gasteiger partial charge in [0.1, 0.15) is 12.4 Å². The first-order valence-corrected chi connectivity index (χ1v) is 15.0. The molecule has 1 aliphatic carbocycles. The molecule has 1 aliphatic heterocycles. The van der Waals surface area contributed by atoms with E-state index in [-0.39, 0.29) is 11.2 Å². The Hall–Kier alpha value is -4.79. The Morgan fingerprint density at radius 3 is 2.63 bits per heavy atom. The van der Waals surface area contributed by atoms with Gasteiger partial charge in [-0.05, 0) is 59.4 Å². The molecule has 0 saturated carbocycles. The zero-order valence-corrected chi connectivity index (χ0v) is 24.3. The van der Waals surface area contributed by atoms with Gasteiger partial charge in [0.15, 0.2) is 4.80 Å². The molecule has 0 amide bonds. The number of ether oxygens (including phenoxy) is 1. The number of para-hydroxylation sites is 1. The van der Waals surface area contributed by atoms with Crippen LogP contribution in [0.3, 0.4) is 0 Å². The first kappa shape index (κ1) is 27.1. The first-order chi connectivity index (χ1) is 21.0. The molecule has 212 valence electrons. The Morgan fingerprint density at radius 1 is 1.00 bits per heavy atom. The number of allylic oxidation sites excluding steroid dienone is 1. The summed E-state index contributed by atoms with van der Waals surface area (Å²) in [5.41, 5.74) is 6.30. The van der Waals surface area contributed by atoms with E-state index in [9.17, 15) is 14.9 Å². The van der Waals surface area contributed by atoms with Crippen molar-refractivity contribution >= 4 is 40.4 Å². The van der Waals surface area contributed by atoms with Gasteiger partial charge < -0.3 is 4.74 Å². The SMILES string of the molecule is O=c1/c(=C/c2ccccc2OCc2ccc(Cl)cc2)sc2n1[C@H](c1cccc([N+](=O)[O-])c1)C1=C(N=2)c2ccccc2CC1. The molecule has 7 rings (SSSR count). The number of nitro benzene ring substituents is 1. The molecule has 0 N–H and O–H groups in total. The summed E-state index contributed by atoms with van der Waals surface area (Å²) < 4.78 is 8.34. The molecule has 2 aliphatic rings. The van der Waals surface area contributed by atoms with Crippen molar-refractivity contribution in [3.05, 3.63) is 165 Å². The zero-order valence-electron chi connectivity index (χ0n) is 22.8. The van der Waals surface area contributed by atoms with Crippen LogP contribution in [0.5, 0.6) is 5.75 Å². The normalized spacial score (nSPS) is 15.7. The lowest BCUT2D eigenvalue weighted by molar-refractivity contribution is -0.384. The number of halogens is 1. The molecule has 9 heteroatoms. The number of benzene rings is 4. The number of thiazole rings is 1. The van der Waals surface area contributed by atoms with Gasteiger partial charge in [-0.25, -0.2) is 4.99 Å². The molecular formula is C34H24ClN3O4S. The number of rotatable bonds is 6. The van der Waals surface area contributed by atoms with Crippen LogP contribution in [0.2, 0.25) is 5.02 Å². The summed E-state index contributed by atoms with van der Waals surface area (Å²) in [6.07, 6.45) is 3.34. The molecule has 0 spiro atoms. The monoisotopic (exact) mass is 605 g/mol. The Balaban J connectivity index is 1.37. The second-order valence-electron chi connectivity index (χ2n) is 10.4. The van der Waals surface area contributed by atoms with Gasteiger partial charge in [-0.1, -0.05) is 89.7 Å². The predicted octanol–water partition coefficient (Wildman–Crippen LogP) is 6.46. The van der Waals surface area contributed by atoms with Gasteiger partial charge in [0.2, 0.25) is 0 Å². The third-order valence-electron chi connectivity index (χ3n) is 7.78. The predicted molar refractivity (Wildman–Crippen MR) is 168 cm³/mol. The zero-order chi connectivity index (χ0) is 29.5. The van der Waals surface area contributed by atoms with Crippen LogP contribution in [0, 0.1) is 10.1 Å². The fourth-order valence-electron chi connectivity index (χ4n) is 5.74. The maximum atomic E-state index is 14.1. The molecule has 0 radical (unpaired) electrons. The molecule has 0 bridgehead atoms. The summed E-state index contributed by atoms with van der Waals surface area (Å²) in [5, 5.41) is 12.3. The van der Waals surface area contributed by atoms with Gasteiger partial charge in [0.25, 0.3) is 11.2 Å². The highest BCUT2D eigenvalue weighted by atomic mass is 35.5. The van der Waals surface area contributed by atoms with Gasteiger partial charge in [0, 0.05) is 28.3 Å². The van der Waals surface area contributed by atoms with E-state index in [2.05, 4.69) is 12.1 Å². The Bertz CT molecular complexity index is 2110. The Kier molecular flexibility index (Phi) is 7.01. The maximum Gasteiger partial charge on any atom is 0.271 e. The second-order valence-corrected chi connectivity index (χ2v) is 11.9. The van der Waals surface area contributed by atoms with E-state index in [4.69, 9.17) is 21.3 Å². The van der Waals surface area contributed by atoms with Gasteiger partial charge in [0.05, 0.1) is 21.2 Å². The highest BCUT2D eigenvalue weighted by Crippen LogP contribution is 2.41. The minimum Gasteiger partial charge on any atom is -0.488 e. The number of nitro groups is 1. The summed E-state index contributed by atoms with van der Waals surface area (Å²) in [6, 6.07) is 29.3. The highest BCUT2D eigenvalue weighted by Gasteiger charge is 2.33. The number of non-ortho nitro benzene ring substituents is 1. The van der Waals surface area contributed by atoms with Crippen LogP contribution in [0.25, 0.3) is 11.8 Å². The Labute approximate surface area is 255 Å². The van der Waals surface area contributed by atoms with Crippen LogP contribution in [-0.4, -0.2) is 9.49 Å². The third kappa shape index (κ3) is 5.09. The van der Waals surface area contributed by atoms with Crippen molar-refractivity contribution in [1.82, 2.24) is 4.57 Å². The molecule has 5 aromatic rings. The third-order valence-corrected chi connectivity index (χ3v) is 9.02. The number of hydrogen-bond acceptors (Lipinski definition) is 6. The minimum absolute atomic E-state index is 0.0123. The van der Waals surface area contributed by atoms with Crippen molar-refractivity contribution < 1.29 is 9.66 Å². The van der Waals surface area contributed by atoms with Crippen LogP contribution in [-0.2, 0) is 13.0 Å². The van der Waals surface area contributed by atoms with Crippen molar-refractivity contribution in [2.24, 2.45) is 4.99 Å². The average Bonchev–Trinajstić information content (AvgIpc) is 3.34. The summed E-state index contributed by atoms with van der Waals surface area (Å²) in [4.78, 5) is 31.0. The molecule has 0 fully saturated rings. The van der Waals surface area contributed by atoms with Crippen LogP contribution >= 0.6 is 22.9 Å².